The summed E-state index contributed by atoms with van der Waals surface area (Å²) in [5, 5.41) is 21.5. The number of nitrogens with zero attached hydrogens (tertiary/aromatic N) is 2. The topological polar surface area (TPSA) is 105 Å². The van der Waals surface area contributed by atoms with Crippen molar-refractivity contribution < 1.29 is 19.3 Å². The normalized spacial score (nSPS) is 9.89. The maximum atomic E-state index is 10.8. The number of rotatable bonds is 6. The Hall–Kier alpha value is -2.38. The van der Waals surface area contributed by atoms with Crippen molar-refractivity contribution in [3.63, 3.8) is 0 Å². The zero-order valence-corrected chi connectivity index (χ0v) is 9.91. The molecule has 0 bridgehead atoms. The van der Waals surface area contributed by atoms with Crippen molar-refractivity contribution >= 4 is 11.4 Å². The van der Waals surface area contributed by atoms with Gasteiger partial charge < -0.3 is 9.47 Å². The van der Waals surface area contributed by atoms with E-state index in [-0.39, 0.29) is 24.7 Å². The molecule has 0 N–H and O–H groups in total. The van der Waals surface area contributed by atoms with Gasteiger partial charge in [-0.3, -0.25) is 20.2 Å². The predicted octanol–water partition coefficient (Wildman–Crippen LogP) is 2.30. The molecule has 0 aliphatic rings. The van der Waals surface area contributed by atoms with Crippen molar-refractivity contribution in [2.45, 2.75) is 13.8 Å². The molecular formula is C10H12N2O6. The molecule has 0 atom stereocenters. The van der Waals surface area contributed by atoms with E-state index in [1.807, 2.05) is 0 Å². The highest BCUT2D eigenvalue weighted by molar-refractivity contribution is 5.62. The highest BCUT2D eigenvalue weighted by Gasteiger charge is 2.28. The van der Waals surface area contributed by atoms with Crippen molar-refractivity contribution in [2.24, 2.45) is 0 Å². The van der Waals surface area contributed by atoms with E-state index in [4.69, 9.17) is 9.47 Å². The molecule has 8 heteroatoms. The molecule has 0 aliphatic heterocycles. The van der Waals surface area contributed by atoms with Gasteiger partial charge in [-0.05, 0) is 13.8 Å². The van der Waals surface area contributed by atoms with E-state index >= 15 is 0 Å². The van der Waals surface area contributed by atoms with Crippen LogP contribution in [0.25, 0.3) is 0 Å². The summed E-state index contributed by atoms with van der Waals surface area (Å²) in [6.07, 6.45) is 0. The average molecular weight is 256 g/mol. The Morgan fingerprint density at radius 1 is 0.944 bits per heavy atom. The Balaban J connectivity index is 3.39. The highest BCUT2D eigenvalue weighted by atomic mass is 16.6. The lowest BCUT2D eigenvalue weighted by molar-refractivity contribution is -0.422. The van der Waals surface area contributed by atoms with E-state index in [0.29, 0.717) is 0 Å². The fraction of sp³-hybridized carbons (Fsp3) is 0.400. The van der Waals surface area contributed by atoms with E-state index in [9.17, 15) is 20.2 Å². The van der Waals surface area contributed by atoms with Gasteiger partial charge in [0.2, 0.25) is 0 Å². The van der Waals surface area contributed by atoms with E-state index in [2.05, 4.69) is 0 Å². The van der Waals surface area contributed by atoms with Crippen LogP contribution in [0.3, 0.4) is 0 Å². The lowest BCUT2D eigenvalue weighted by Crippen LogP contribution is -2.02. The van der Waals surface area contributed by atoms with E-state index < -0.39 is 21.2 Å². The average Bonchev–Trinajstić information content (AvgIpc) is 2.30. The van der Waals surface area contributed by atoms with E-state index in [0.717, 1.165) is 12.1 Å². The first-order valence-corrected chi connectivity index (χ1v) is 5.23. The highest BCUT2D eigenvalue weighted by Crippen LogP contribution is 2.39. The summed E-state index contributed by atoms with van der Waals surface area (Å²) in [6.45, 7) is 3.94. The third kappa shape index (κ3) is 2.84. The molecule has 0 radical (unpaired) electrons. The van der Waals surface area contributed by atoms with Crippen LogP contribution in [0.1, 0.15) is 13.8 Å². The number of benzene rings is 1. The standard InChI is InChI=1S/C10H12N2O6/c1-3-17-9-5-7(11(13)14)8(12(15)16)6-10(9)18-4-2/h5-6H,3-4H2,1-2H3. The van der Waals surface area contributed by atoms with Gasteiger partial charge in [-0.25, -0.2) is 0 Å². The Bertz CT molecular complexity index is 431. The van der Waals surface area contributed by atoms with Crippen LogP contribution < -0.4 is 9.47 Å². The van der Waals surface area contributed by atoms with E-state index in [1.165, 1.54) is 0 Å². The van der Waals surface area contributed by atoms with Gasteiger partial charge in [0.1, 0.15) is 0 Å². The lowest BCUT2D eigenvalue weighted by Gasteiger charge is -2.10. The molecule has 1 aromatic carbocycles. The Morgan fingerprint density at radius 2 is 1.28 bits per heavy atom. The molecule has 1 rings (SSSR count). The van der Waals surface area contributed by atoms with Crippen molar-refractivity contribution in [2.75, 3.05) is 13.2 Å². The van der Waals surface area contributed by atoms with Gasteiger partial charge in [0.05, 0.1) is 35.2 Å². The maximum absolute atomic E-state index is 10.8. The van der Waals surface area contributed by atoms with Gasteiger partial charge in [0, 0.05) is 0 Å². The summed E-state index contributed by atoms with van der Waals surface area (Å²) in [7, 11) is 0. The Kier molecular flexibility index (Phi) is 4.41. The van der Waals surface area contributed by atoms with Crippen molar-refractivity contribution in [3.05, 3.63) is 32.4 Å². The Morgan fingerprint density at radius 3 is 1.50 bits per heavy atom. The smallest absolute Gasteiger partial charge is 0.350 e. The first-order valence-electron chi connectivity index (χ1n) is 5.23. The minimum Gasteiger partial charge on any atom is -0.490 e. The van der Waals surface area contributed by atoms with Gasteiger partial charge >= 0.3 is 11.4 Å². The van der Waals surface area contributed by atoms with Crippen molar-refractivity contribution in [1.29, 1.82) is 0 Å². The SMILES string of the molecule is CCOc1cc([N+](=O)[O-])c([N+](=O)[O-])cc1OCC. The van der Waals surface area contributed by atoms with Crippen LogP contribution in [0.15, 0.2) is 12.1 Å². The Labute approximate surface area is 102 Å². The first-order chi connectivity index (χ1) is 8.51. The zero-order chi connectivity index (χ0) is 13.7. The van der Waals surface area contributed by atoms with Crippen molar-refractivity contribution in [3.8, 4) is 11.5 Å². The molecule has 0 unspecified atom stereocenters. The summed E-state index contributed by atoms with van der Waals surface area (Å²) < 4.78 is 10.3. The van der Waals surface area contributed by atoms with Gasteiger partial charge in [-0.2, -0.15) is 0 Å². The quantitative estimate of drug-likeness (QED) is 0.571. The van der Waals surface area contributed by atoms with E-state index in [1.54, 1.807) is 13.8 Å². The fourth-order valence-corrected chi connectivity index (χ4v) is 1.37. The van der Waals surface area contributed by atoms with Crippen LogP contribution in [0.5, 0.6) is 11.5 Å². The summed E-state index contributed by atoms with van der Waals surface area (Å²) in [5.74, 6) is 0.244. The molecule has 0 aliphatic carbocycles. The van der Waals surface area contributed by atoms with Crippen LogP contribution in [0.2, 0.25) is 0 Å². The summed E-state index contributed by atoms with van der Waals surface area (Å²) >= 11 is 0. The largest absolute Gasteiger partial charge is 0.490 e. The second-order valence-corrected chi connectivity index (χ2v) is 3.17. The second-order valence-electron chi connectivity index (χ2n) is 3.17. The molecule has 0 amide bonds. The van der Waals surface area contributed by atoms with Gasteiger partial charge in [0.15, 0.2) is 11.5 Å². The fourth-order valence-electron chi connectivity index (χ4n) is 1.37. The molecule has 0 fully saturated rings. The molecule has 8 nitrogen and oxygen atoms in total. The molecule has 0 aromatic heterocycles. The molecule has 0 heterocycles. The second kappa shape index (κ2) is 5.80. The number of nitro groups is 2. The summed E-state index contributed by atoms with van der Waals surface area (Å²) in [5.41, 5.74) is -1.24. The van der Waals surface area contributed by atoms with Crippen molar-refractivity contribution in [1.82, 2.24) is 0 Å². The molecule has 0 saturated heterocycles. The molecular weight excluding hydrogens is 244 g/mol. The number of hydrogen-bond acceptors (Lipinski definition) is 6. The number of nitro benzene ring substituents is 2. The molecule has 1 aromatic rings. The third-order valence-electron chi connectivity index (χ3n) is 2.03. The maximum Gasteiger partial charge on any atom is 0.350 e. The van der Waals surface area contributed by atoms with Gasteiger partial charge in [-0.15, -0.1) is 0 Å². The van der Waals surface area contributed by atoms with Crippen LogP contribution >= 0.6 is 0 Å². The van der Waals surface area contributed by atoms with Crippen LogP contribution in [-0.4, -0.2) is 23.1 Å². The summed E-state index contributed by atoms with van der Waals surface area (Å²) in [4.78, 5) is 19.9. The summed E-state index contributed by atoms with van der Waals surface area (Å²) in [6, 6.07) is 2.01. The van der Waals surface area contributed by atoms with Crippen LogP contribution in [0, 0.1) is 20.2 Å². The molecule has 98 valence electrons. The third-order valence-corrected chi connectivity index (χ3v) is 2.03. The minimum atomic E-state index is -0.823. The number of hydrogen-bond donors (Lipinski definition) is 0. The predicted molar refractivity (Wildman–Crippen MR) is 62.1 cm³/mol. The molecule has 0 saturated carbocycles. The molecule has 18 heavy (non-hydrogen) atoms. The zero-order valence-electron chi connectivity index (χ0n) is 9.91. The van der Waals surface area contributed by atoms with Crippen LogP contribution in [-0.2, 0) is 0 Å². The van der Waals surface area contributed by atoms with Gasteiger partial charge in [0.25, 0.3) is 0 Å². The van der Waals surface area contributed by atoms with Gasteiger partial charge in [-0.1, -0.05) is 0 Å². The number of ether oxygens (including phenoxy) is 2. The minimum absolute atomic E-state index is 0.122. The van der Waals surface area contributed by atoms with Crippen LogP contribution in [0.4, 0.5) is 11.4 Å². The monoisotopic (exact) mass is 256 g/mol. The lowest BCUT2D eigenvalue weighted by atomic mass is 10.2. The first kappa shape index (κ1) is 13.7. The molecule has 0 spiro atoms.